The molecule has 0 spiro atoms. The quantitative estimate of drug-likeness (QED) is 0.889. The monoisotopic (exact) mass is 296 g/mol. The van der Waals surface area contributed by atoms with Gasteiger partial charge < -0.3 is 11.5 Å². The molecule has 2 rings (SSSR count). The Kier molecular flexibility index (Phi) is 4.87. The maximum atomic E-state index is 6.03. The largest absolute Gasteiger partial charge is 0.328 e. The van der Waals surface area contributed by atoms with Crippen molar-refractivity contribution in [1.82, 2.24) is 9.36 Å². The van der Waals surface area contributed by atoms with Crippen LogP contribution in [0, 0.1) is 0 Å². The summed E-state index contributed by atoms with van der Waals surface area (Å²) in [7, 11) is 0. The Morgan fingerprint density at radius 3 is 2.58 bits per heavy atom. The highest BCUT2D eigenvalue weighted by molar-refractivity contribution is 7.05. The van der Waals surface area contributed by atoms with E-state index in [-0.39, 0.29) is 12.1 Å². The van der Waals surface area contributed by atoms with Gasteiger partial charge in [-0.05, 0) is 42.6 Å². The van der Waals surface area contributed by atoms with Crippen LogP contribution in [0.4, 0.5) is 0 Å². The number of benzene rings is 1. The summed E-state index contributed by atoms with van der Waals surface area (Å²) in [5, 5.41) is 1.58. The standard InChI is InChI=1S/C13H17ClN4S/c1-8(15)6-11(16)13-17-12(18-19-13)7-9-2-4-10(14)5-3-9/h2-5,8,11H,6-7,15-16H2,1H3. The van der Waals surface area contributed by atoms with Gasteiger partial charge in [-0.25, -0.2) is 4.98 Å². The molecule has 0 aliphatic rings. The third-order valence-corrected chi connectivity index (χ3v) is 3.84. The van der Waals surface area contributed by atoms with E-state index < -0.39 is 0 Å². The van der Waals surface area contributed by atoms with E-state index in [0.29, 0.717) is 6.42 Å². The number of hydrogen-bond acceptors (Lipinski definition) is 5. The average Bonchev–Trinajstić information content (AvgIpc) is 2.80. The Bertz CT molecular complexity index is 524. The van der Waals surface area contributed by atoms with E-state index in [4.69, 9.17) is 23.1 Å². The molecule has 4 N–H and O–H groups in total. The fourth-order valence-corrected chi connectivity index (χ4v) is 2.58. The van der Waals surface area contributed by atoms with Gasteiger partial charge in [0.15, 0.2) is 0 Å². The van der Waals surface area contributed by atoms with E-state index in [2.05, 4.69) is 9.36 Å². The molecule has 2 atom stereocenters. The molecule has 102 valence electrons. The Labute approximate surface area is 122 Å². The van der Waals surface area contributed by atoms with Gasteiger partial charge in [0.05, 0.1) is 6.04 Å². The summed E-state index contributed by atoms with van der Waals surface area (Å²) < 4.78 is 4.34. The zero-order chi connectivity index (χ0) is 13.8. The normalized spacial score (nSPS) is 14.3. The van der Waals surface area contributed by atoms with Crippen LogP contribution in [-0.4, -0.2) is 15.4 Å². The highest BCUT2D eigenvalue weighted by atomic mass is 35.5. The summed E-state index contributed by atoms with van der Waals surface area (Å²) in [6, 6.07) is 7.63. The first-order valence-electron chi connectivity index (χ1n) is 6.12. The Morgan fingerprint density at radius 2 is 1.95 bits per heavy atom. The lowest BCUT2D eigenvalue weighted by Crippen LogP contribution is -2.23. The van der Waals surface area contributed by atoms with Crippen molar-refractivity contribution in [2.45, 2.75) is 31.8 Å². The molecule has 2 aromatic rings. The first-order valence-corrected chi connectivity index (χ1v) is 7.28. The topological polar surface area (TPSA) is 77.8 Å². The van der Waals surface area contributed by atoms with Crippen LogP contribution in [0.25, 0.3) is 0 Å². The Morgan fingerprint density at radius 1 is 1.26 bits per heavy atom. The van der Waals surface area contributed by atoms with Gasteiger partial charge in [-0.3, -0.25) is 0 Å². The molecule has 6 heteroatoms. The summed E-state index contributed by atoms with van der Waals surface area (Å²) in [4.78, 5) is 4.47. The van der Waals surface area contributed by atoms with Gasteiger partial charge in [0, 0.05) is 17.5 Å². The number of aromatic nitrogens is 2. The molecule has 0 aliphatic carbocycles. The van der Waals surface area contributed by atoms with Gasteiger partial charge in [-0.1, -0.05) is 23.7 Å². The maximum absolute atomic E-state index is 6.03. The zero-order valence-electron chi connectivity index (χ0n) is 10.7. The van der Waals surface area contributed by atoms with E-state index in [1.807, 2.05) is 31.2 Å². The van der Waals surface area contributed by atoms with E-state index in [1.54, 1.807) is 0 Å². The number of hydrogen-bond donors (Lipinski definition) is 2. The first-order chi connectivity index (χ1) is 9.04. The molecule has 1 heterocycles. The van der Waals surface area contributed by atoms with Crippen LogP contribution in [-0.2, 0) is 6.42 Å². The van der Waals surface area contributed by atoms with E-state index in [1.165, 1.54) is 11.5 Å². The summed E-state index contributed by atoms with van der Waals surface area (Å²) in [6.07, 6.45) is 1.41. The van der Waals surface area contributed by atoms with Crippen LogP contribution < -0.4 is 11.5 Å². The number of halogens is 1. The average molecular weight is 297 g/mol. The predicted molar refractivity (Wildman–Crippen MR) is 79.4 cm³/mol. The predicted octanol–water partition coefficient (Wildman–Crippen LogP) is 2.52. The number of nitrogens with two attached hydrogens (primary N) is 2. The molecule has 0 radical (unpaired) electrons. The lowest BCUT2D eigenvalue weighted by atomic mass is 10.1. The van der Waals surface area contributed by atoms with E-state index >= 15 is 0 Å². The molecule has 0 bridgehead atoms. The summed E-state index contributed by atoms with van der Waals surface area (Å²) >= 11 is 7.21. The lowest BCUT2D eigenvalue weighted by molar-refractivity contribution is 0.565. The van der Waals surface area contributed by atoms with Crippen LogP contribution in [0.1, 0.15) is 35.8 Å². The summed E-state index contributed by atoms with van der Waals surface area (Å²) in [6.45, 7) is 1.94. The lowest BCUT2D eigenvalue weighted by Gasteiger charge is -2.09. The van der Waals surface area contributed by atoms with Gasteiger partial charge in [0.2, 0.25) is 0 Å². The van der Waals surface area contributed by atoms with Crippen LogP contribution in [0.15, 0.2) is 24.3 Å². The molecule has 2 unspecified atom stereocenters. The van der Waals surface area contributed by atoms with Gasteiger partial charge in [0.25, 0.3) is 0 Å². The van der Waals surface area contributed by atoms with Crippen molar-refractivity contribution in [3.8, 4) is 0 Å². The SMILES string of the molecule is CC(N)CC(N)c1nc(Cc2ccc(Cl)cc2)ns1. The zero-order valence-corrected chi connectivity index (χ0v) is 12.3. The third-order valence-electron chi connectivity index (χ3n) is 2.70. The van der Waals surface area contributed by atoms with Crippen molar-refractivity contribution >= 4 is 23.1 Å². The molecule has 19 heavy (non-hydrogen) atoms. The minimum Gasteiger partial charge on any atom is -0.328 e. The minimum atomic E-state index is -0.128. The van der Waals surface area contributed by atoms with Gasteiger partial charge in [0.1, 0.15) is 10.8 Å². The summed E-state index contributed by atoms with van der Waals surface area (Å²) in [5.74, 6) is 0.794. The highest BCUT2D eigenvalue weighted by Crippen LogP contribution is 2.19. The highest BCUT2D eigenvalue weighted by Gasteiger charge is 2.14. The van der Waals surface area contributed by atoms with Crippen molar-refractivity contribution < 1.29 is 0 Å². The van der Waals surface area contributed by atoms with Crippen LogP contribution in [0.3, 0.4) is 0 Å². The van der Waals surface area contributed by atoms with Crippen molar-refractivity contribution in [2.75, 3.05) is 0 Å². The second-order valence-electron chi connectivity index (χ2n) is 4.67. The van der Waals surface area contributed by atoms with Gasteiger partial charge >= 0.3 is 0 Å². The first kappa shape index (κ1) is 14.4. The number of nitrogens with zero attached hydrogens (tertiary/aromatic N) is 2. The van der Waals surface area contributed by atoms with E-state index in [9.17, 15) is 0 Å². The Balaban J connectivity index is 2.02. The van der Waals surface area contributed by atoms with Crippen molar-refractivity contribution in [3.63, 3.8) is 0 Å². The molecule has 1 aromatic carbocycles. The second kappa shape index (κ2) is 6.43. The molecule has 0 saturated carbocycles. The van der Waals surface area contributed by atoms with Crippen LogP contribution in [0.2, 0.25) is 5.02 Å². The van der Waals surface area contributed by atoms with Crippen molar-refractivity contribution in [3.05, 3.63) is 45.7 Å². The van der Waals surface area contributed by atoms with E-state index in [0.717, 1.165) is 27.8 Å². The number of rotatable bonds is 5. The van der Waals surface area contributed by atoms with Crippen molar-refractivity contribution in [1.29, 1.82) is 0 Å². The fraction of sp³-hybridized carbons (Fsp3) is 0.385. The molecule has 0 saturated heterocycles. The van der Waals surface area contributed by atoms with Crippen LogP contribution in [0.5, 0.6) is 0 Å². The molecule has 4 nitrogen and oxygen atoms in total. The molecule has 0 aliphatic heterocycles. The maximum Gasteiger partial charge on any atom is 0.147 e. The van der Waals surface area contributed by atoms with Gasteiger partial charge in [-0.15, -0.1) is 0 Å². The van der Waals surface area contributed by atoms with Gasteiger partial charge in [-0.2, -0.15) is 4.37 Å². The molecular weight excluding hydrogens is 280 g/mol. The molecule has 0 amide bonds. The molecule has 1 aromatic heterocycles. The van der Waals surface area contributed by atoms with Crippen LogP contribution >= 0.6 is 23.1 Å². The molecular formula is C13H17ClN4S. The third kappa shape index (κ3) is 4.24. The summed E-state index contributed by atoms with van der Waals surface area (Å²) in [5.41, 5.74) is 12.9. The minimum absolute atomic E-state index is 0.0682. The smallest absolute Gasteiger partial charge is 0.147 e. The Hall–Kier alpha value is -1.01. The van der Waals surface area contributed by atoms with Crippen molar-refractivity contribution in [2.24, 2.45) is 11.5 Å². The second-order valence-corrected chi connectivity index (χ2v) is 5.89. The fourth-order valence-electron chi connectivity index (χ4n) is 1.78. The molecule has 0 fully saturated rings.